The first-order valence-electron chi connectivity index (χ1n) is 5.17. The summed E-state index contributed by atoms with van der Waals surface area (Å²) in [5.74, 6) is -0.431. The Bertz CT molecular complexity index is 549. The van der Waals surface area contributed by atoms with Crippen LogP contribution in [0.2, 0.25) is 0 Å². The molecule has 0 saturated carbocycles. The lowest BCUT2D eigenvalue weighted by molar-refractivity contribution is 0.100. The van der Waals surface area contributed by atoms with Gasteiger partial charge in [-0.1, -0.05) is 20.8 Å². The Balaban J connectivity index is 2.68. The lowest BCUT2D eigenvalue weighted by Crippen LogP contribution is -2.12. The molecule has 84 valence electrons. The molecule has 2 aromatic rings. The van der Waals surface area contributed by atoms with E-state index < -0.39 is 5.91 Å². The molecule has 2 heterocycles. The Labute approximate surface area is 93.9 Å². The summed E-state index contributed by atoms with van der Waals surface area (Å²) in [4.78, 5) is 18.4. The monoisotopic (exact) mass is 217 g/mol. The van der Waals surface area contributed by atoms with Crippen molar-refractivity contribution in [1.29, 1.82) is 0 Å². The van der Waals surface area contributed by atoms with Gasteiger partial charge in [0.2, 0.25) is 0 Å². The summed E-state index contributed by atoms with van der Waals surface area (Å²) in [6.45, 7) is 6.31. The number of nitrogens with zero attached hydrogens (tertiary/aromatic N) is 1. The van der Waals surface area contributed by atoms with Crippen molar-refractivity contribution in [2.24, 2.45) is 5.73 Å². The number of primary amides is 1. The van der Waals surface area contributed by atoms with Crippen molar-refractivity contribution >= 4 is 16.9 Å². The maximum absolute atomic E-state index is 11.2. The molecule has 2 aromatic heterocycles. The number of amides is 1. The highest BCUT2D eigenvalue weighted by molar-refractivity contribution is 6.05. The summed E-state index contributed by atoms with van der Waals surface area (Å²) in [6.07, 6.45) is 3.43. The number of carbonyl (C=O) groups excluding carboxylic acids is 1. The highest BCUT2D eigenvalue weighted by atomic mass is 16.1. The van der Waals surface area contributed by atoms with Gasteiger partial charge in [0.25, 0.3) is 5.91 Å². The molecule has 0 aliphatic carbocycles. The van der Waals surface area contributed by atoms with E-state index in [-0.39, 0.29) is 5.41 Å². The van der Waals surface area contributed by atoms with Crippen molar-refractivity contribution in [3.05, 3.63) is 29.6 Å². The number of fused-ring (bicyclic) bond motifs is 1. The largest absolute Gasteiger partial charge is 0.366 e. The normalized spacial score (nSPS) is 11.9. The van der Waals surface area contributed by atoms with Crippen LogP contribution >= 0.6 is 0 Å². The minimum absolute atomic E-state index is 0.00732. The van der Waals surface area contributed by atoms with E-state index in [0.717, 1.165) is 10.9 Å². The number of nitrogens with two attached hydrogens (primary N) is 1. The van der Waals surface area contributed by atoms with E-state index in [1.54, 1.807) is 6.20 Å². The first-order chi connectivity index (χ1) is 7.39. The van der Waals surface area contributed by atoms with Gasteiger partial charge in [0.15, 0.2) is 0 Å². The maximum Gasteiger partial charge on any atom is 0.250 e. The Morgan fingerprint density at radius 1 is 1.44 bits per heavy atom. The third-order valence-electron chi connectivity index (χ3n) is 2.66. The van der Waals surface area contributed by atoms with Crippen molar-refractivity contribution < 1.29 is 4.79 Å². The van der Waals surface area contributed by atoms with Gasteiger partial charge in [-0.05, 0) is 17.0 Å². The molecule has 4 heteroatoms. The molecule has 3 N–H and O–H groups in total. The third-order valence-corrected chi connectivity index (χ3v) is 2.66. The second-order valence-corrected chi connectivity index (χ2v) is 4.94. The molecular formula is C12H15N3O. The molecular weight excluding hydrogens is 202 g/mol. The average Bonchev–Trinajstić information content (AvgIpc) is 2.58. The van der Waals surface area contributed by atoms with Crippen LogP contribution in [0.1, 0.15) is 36.7 Å². The Kier molecular flexibility index (Phi) is 2.22. The molecule has 0 atom stereocenters. The maximum atomic E-state index is 11.2. The highest BCUT2D eigenvalue weighted by Gasteiger charge is 2.17. The van der Waals surface area contributed by atoms with Crippen LogP contribution in [0.15, 0.2) is 18.5 Å². The fourth-order valence-electron chi connectivity index (χ4n) is 1.62. The Morgan fingerprint density at radius 2 is 2.12 bits per heavy atom. The fraction of sp³-hybridized carbons (Fsp3) is 0.333. The van der Waals surface area contributed by atoms with Crippen LogP contribution in [-0.4, -0.2) is 15.9 Å². The van der Waals surface area contributed by atoms with Gasteiger partial charge in [0.05, 0.1) is 5.56 Å². The number of aromatic nitrogens is 2. The summed E-state index contributed by atoms with van der Waals surface area (Å²) >= 11 is 0. The van der Waals surface area contributed by atoms with Crippen molar-refractivity contribution in [2.75, 3.05) is 0 Å². The van der Waals surface area contributed by atoms with Gasteiger partial charge in [-0.25, -0.2) is 4.98 Å². The van der Waals surface area contributed by atoms with E-state index >= 15 is 0 Å². The van der Waals surface area contributed by atoms with E-state index in [4.69, 9.17) is 5.73 Å². The fourth-order valence-corrected chi connectivity index (χ4v) is 1.62. The number of hydrogen-bond acceptors (Lipinski definition) is 2. The molecule has 0 fully saturated rings. The second kappa shape index (κ2) is 3.33. The van der Waals surface area contributed by atoms with E-state index in [9.17, 15) is 4.79 Å². The number of hydrogen-bond donors (Lipinski definition) is 2. The zero-order valence-corrected chi connectivity index (χ0v) is 9.66. The van der Waals surface area contributed by atoms with Crippen LogP contribution in [0.5, 0.6) is 0 Å². The van der Waals surface area contributed by atoms with Gasteiger partial charge < -0.3 is 10.7 Å². The molecule has 0 saturated heterocycles. The SMILES string of the molecule is CC(C)(C)c1cnc2[nH]cc(C(N)=O)c2c1. The summed E-state index contributed by atoms with van der Waals surface area (Å²) in [5, 5.41) is 0.792. The number of pyridine rings is 1. The zero-order chi connectivity index (χ0) is 11.9. The van der Waals surface area contributed by atoms with Gasteiger partial charge in [-0.3, -0.25) is 4.79 Å². The van der Waals surface area contributed by atoms with E-state index in [0.29, 0.717) is 11.2 Å². The van der Waals surface area contributed by atoms with Gasteiger partial charge in [-0.2, -0.15) is 0 Å². The minimum Gasteiger partial charge on any atom is -0.366 e. The van der Waals surface area contributed by atoms with Crippen LogP contribution < -0.4 is 5.73 Å². The van der Waals surface area contributed by atoms with Crippen molar-refractivity contribution in [3.63, 3.8) is 0 Å². The number of aromatic amines is 1. The highest BCUT2D eigenvalue weighted by Crippen LogP contribution is 2.25. The smallest absolute Gasteiger partial charge is 0.250 e. The molecule has 0 spiro atoms. The number of rotatable bonds is 1. The first kappa shape index (κ1) is 10.7. The van der Waals surface area contributed by atoms with Gasteiger partial charge in [0, 0.05) is 17.8 Å². The molecule has 16 heavy (non-hydrogen) atoms. The van der Waals surface area contributed by atoms with Crippen molar-refractivity contribution in [1.82, 2.24) is 9.97 Å². The predicted octanol–water partition coefficient (Wildman–Crippen LogP) is 1.96. The zero-order valence-electron chi connectivity index (χ0n) is 9.66. The molecule has 0 aliphatic rings. The molecule has 2 rings (SSSR count). The van der Waals surface area contributed by atoms with Crippen LogP contribution in [0.25, 0.3) is 11.0 Å². The van der Waals surface area contributed by atoms with Crippen LogP contribution in [-0.2, 0) is 5.41 Å². The standard InChI is InChI=1S/C12H15N3O/c1-12(2,3)7-4-8-9(10(13)16)6-15-11(8)14-5-7/h4-6H,1-3H3,(H2,13,16)(H,14,15). The van der Waals surface area contributed by atoms with Crippen LogP contribution in [0.3, 0.4) is 0 Å². The van der Waals surface area contributed by atoms with Crippen molar-refractivity contribution in [2.45, 2.75) is 26.2 Å². The minimum atomic E-state index is -0.431. The van der Waals surface area contributed by atoms with Gasteiger partial charge in [-0.15, -0.1) is 0 Å². The topological polar surface area (TPSA) is 71.8 Å². The van der Waals surface area contributed by atoms with Gasteiger partial charge in [0.1, 0.15) is 5.65 Å². The number of H-pyrrole nitrogens is 1. The Morgan fingerprint density at radius 3 is 2.69 bits per heavy atom. The van der Waals surface area contributed by atoms with E-state index in [1.165, 1.54) is 0 Å². The first-order valence-corrected chi connectivity index (χ1v) is 5.17. The predicted molar refractivity (Wildman–Crippen MR) is 63.3 cm³/mol. The second-order valence-electron chi connectivity index (χ2n) is 4.94. The molecule has 1 amide bonds. The van der Waals surface area contributed by atoms with Crippen molar-refractivity contribution in [3.8, 4) is 0 Å². The lowest BCUT2D eigenvalue weighted by atomic mass is 9.88. The number of nitrogens with one attached hydrogen (secondary N) is 1. The molecule has 0 radical (unpaired) electrons. The average molecular weight is 217 g/mol. The molecule has 0 unspecified atom stereocenters. The molecule has 0 aliphatic heterocycles. The van der Waals surface area contributed by atoms with Crippen LogP contribution in [0, 0.1) is 0 Å². The molecule has 4 nitrogen and oxygen atoms in total. The Hall–Kier alpha value is -1.84. The summed E-state index contributed by atoms with van der Waals surface area (Å²) in [6, 6.07) is 1.97. The quantitative estimate of drug-likeness (QED) is 0.766. The molecule has 0 aromatic carbocycles. The van der Waals surface area contributed by atoms with E-state index in [1.807, 2.05) is 12.3 Å². The lowest BCUT2D eigenvalue weighted by Gasteiger charge is -2.18. The summed E-state index contributed by atoms with van der Waals surface area (Å²) in [7, 11) is 0. The third kappa shape index (κ3) is 1.66. The summed E-state index contributed by atoms with van der Waals surface area (Å²) in [5.41, 5.74) is 7.58. The molecule has 0 bridgehead atoms. The van der Waals surface area contributed by atoms with Gasteiger partial charge >= 0.3 is 0 Å². The summed E-state index contributed by atoms with van der Waals surface area (Å²) < 4.78 is 0. The van der Waals surface area contributed by atoms with E-state index in [2.05, 4.69) is 30.7 Å². The number of carbonyl (C=O) groups is 1. The van der Waals surface area contributed by atoms with Crippen LogP contribution in [0.4, 0.5) is 0 Å².